The first kappa shape index (κ1) is 17.7. The normalized spacial score (nSPS) is 23.2. The van der Waals surface area contributed by atoms with Crippen molar-refractivity contribution in [3.8, 4) is 5.75 Å². The number of allylic oxidation sites excluding steroid dienone is 1. The second-order valence-electron chi connectivity index (χ2n) is 5.59. The van der Waals surface area contributed by atoms with Gasteiger partial charge in [-0.2, -0.15) is 0 Å². The molecule has 0 amide bonds. The Morgan fingerprint density at radius 2 is 1.62 bits per heavy atom. The van der Waals surface area contributed by atoms with Crippen molar-refractivity contribution in [1.82, 2.24) is 0 Å². The Kier molecular flexibility index (Phi) is 5.39. The molecule has 0 saturated heterocycles. The lowest BCUT2D eigenvalue weighted by Gasteiger charge is -2.34. The first-order chi connectivity index (χ1) is 11.4. The van der Waals surface area contributed by atoms with E-state index in [9.17, 15) is 14.4 Å². The molecule has 0 heterocycles. The molecule has 0 aromatic heterocycles. The van der Waals surface area contributed by atoms with Gasteiger partial charge < -0.3 is 14.2 Å². The first-order valence-electron chi connectivity index (χ1n) is 7.46. The molecule has 0 fully saturated rings. The maximum Gasteiger partial charge on any atom is 0.317 e. The quantitative estimate of drug-likeness (QED) is 0.619. The zero-order valence-corrected chi connectivity index (χ0v) is 14.1. The average molecular weight is 332 g/mol. The van der Waals surface area contributed by atoms with E-state index in [1.54, 1.807) is 31.2 Å². The highest BCUT2D eigenvalue weighted by Gasteiger charge is 2.47. The van der Waals surface area contributed by atoms with E-state index in [1.165, 1.54) is 27.4 Å². The smallest absolute Gasteiger partial charge is 0.317 e. The first-order valence-corrected chi connectivity index (χ1v) is 7.46. The van der Waals surface area contributed by atoms with E-state index >= 15 is 0 Å². The molecule has 0 N–H and O–H groups in total. The van der Waals surface area contributed by atoms with E-state index in [0.29, 0.717) is 16.9 Å². The van der Waals surface area contributed by atoms with Crippen LogP contribution in [0.3, 0.4) is 0 Å². The molecule has 128 valence electrons. The highest BCUT2D eigenvalue weighted by molar-refractivity contribution is 6.08. The van der Waals surface area contributed by atoms with Crippen LogP contribution in [-0.2, 0) is 23.9 Å². The number of carbonyl (C=O) groups excluding carboxylic acids is 3. The molecule has 2 rings (SSSR count). The number of hydrogen-bond acceptors (Lipinski definition) is 6. The molecule has 3 atom stereocenters. The van der Waals surface area contributed by atoms with E-state index in [0.717, 1.165) is 0 Å². The lowest BCUT2D eigenvalue weighted by atomic mass is 9.68. The van der Waals surface area contributed by atoms with E-state index in [-0.39, 0.29) is 5.78 Å². The fourth-order valence-corrected chi connectivity index (χ4v) is 3.14. The zero-order valence-electron chi connectivity index (χ0n) is 14.1. The Morgan fingerprint density at radius 3 is 2.21 bits per heavy atom. The summed E-state index contributed by atoms with van der Waals surface area (Å²) in [5, 5.41) is 0. The lowest BCUT2D eigenvalue weighted by Crippen LogP contribution is -2.41. The summed E-state index contributed by atoms with van der Waals surface area (Å²) in [6, 6.07) is 6.96. The van der Waals surface area contributed by atoms with Crippen LogP contribution in [0.2, 0.25) is 0 Å². The van der Waals surface area contributed by atoms with Crippen LogP contribution in [0.1, 0.15) is 18.4 Å². The molecular formula is C18H20O6. The summed E-state index contributed by atoms with van der Waals surface area (Å²) in [6.07, 6.45) is 1.32. The summed E-state index contributed by atoms with van der Waals surface area (Å²) in [4.78, 5) is 37.0. The number of hydrogen-bond donors (Lipinski definition) is 0. The number of methoxy groups -OCH3 is 3. The molecule has 3 unspecified atom stereocenters. The van der Waals surface area contributed by atoms with Gasteiger partial charge in [-0.05, 0) is 30.7 Å². The van der Waals surface area contributed by atoms with Gasteiger partial charge in [0.25, 0.3) is 0 Å². The van der Waals surface area contributed by atoms with Gasteiger partial charge >= 0.3 is 11.9 Å². The Hall–Kier alpha value is -2.63. The monoisotopic (exact) mass is 332 g/mol. The van der Waals surface area contributed by atoms with Crippen molar-refractivity contribution < 1.29 is 28.6 Å². The van der Waals surface area contributed by atoms with Gasteiger partial charge in [0.2, 0.25) is 0 Å². The van der Waals surface area contributed by atoms with Crippen LogP contribution < -0.4 is 4.74 Å². The topological polar surface area (TPSA) is 78.9 Å². The summed E-state index contributed by atoms with van der Waals surface area (Å²) in [6.45, 7) is 1.68. The molecule has 6 nitrogen and oxygen atoms in total. The van der Waals surface area contributed by atoms with Gasteiger partial charge in [-0.15, -0.1) is 0 Å². The van der Waals surface area contributed by atoms with Gasteiger partial charge in [-0.1, -0.05) is 17.7 Å². The minimum absolute atomic E-state index is 0.382. The maximum absolute atomic E-state index is 12.4. The van der Waals surface area contributed by atoms with Crippen molar-refractivity contribution in [2.24, 2.45) is 11.8 Å². The van der Waals surface area contributed by atoms with Crippen molar-refractivity contribution in [3.63, 3.8) is 0 Å². The van der Waals surface area contributed by atoms with Crippen molar-refractivity contribution in [1.29, 1.82) is 0 Å². The minimum atomic E-state index is -1.10. The van der Waals surface area contributed by atoms with Crippen molar-refractivity contribution in [2.45, 2.75) is 12.8 Å². The Labute approximate surface area is 140 Å². The van der Waals surface area contributed by atoms with Crippen molar-refractivity contribution >= 4 is 17.7 Å². The molecule has 0 saturated carbocycles. The Bertz CT molecular complexity index is 691. The molecule has 0 spiro atoms. The fraction of sp³-hybridized carbons (Fsp3) is 0.389. The Balaban J connectivity index is 2.63. The standard InChI is InChI=1S/C18H20O6/c1-10-8-13(19)16(18(21)24-4)15(14(10)17(20)23-3)11-6-5-7-12(9-11)22-2/h5-9,14-16H,1-4H3. The third kappa shape index (κ3) is 3.18. The van der Waals surface area contributed by atoms with Crippen LogP contribution in [0.4, 0.5) is 0 Å². The van der Waals surface area contributed by atoms with Gasteiger partial charge in [0, 0.05) is 5.92 Å². The third-order valence-electron chi connectivity index (χ3n) is 4.27. The van der Waals surface area contributed by atoms with Crippen LogP contribution in [0, 0.1) is 11.8 Å². The van der Waals surface area contributed by atoms with Gasteiger partial charge in [0.15, 0.2) is 5.78 Å². The highest BCUT2D eigenvalue weighted by Crippen LogP contribution is 2.42. The van der Waals surface area contributed by atoms with Crippen molar-refractivity contribution in [3.05, 3.63) is 41.5 Å². The van der Waals surface area contributed by atoms with E-state index in [1.807, 2.05) is 0 Å². The number of carbonyl (C=O) groups is 3. The van der Waals surface area contributed by atoms with Crippen LogP contribution >= 0.6 is 0 Å². The molecular weight excluding hydrogens is 312 g/mol. The molecule has 0 bridgehead atoms. The Morgan fingerprint density at radius 1 is 1.00 bits per heavy atom. The molecule has 1 aromatic rings. The molecule has 24 heavy (non-hydrogen) atoms. The van der Waals surface area contributed by atoms with E-state index in [2.05, 4.69) is 0 Å². The summed E-state index contributed by atoms with van der Waals surface area (Å²) >= 11 is 0. The lowest BCUT2D eigenvalue weighted by molar-refractivity contribution is -0.152. The van der Waals surface area contributed by atoms with E-state index in [4.69, 9.17) is 14.2 Å². The predicted molar refractivity (Wildman–Crippen MR) is 85.5 cm³/mol. The number of ether oxygens (including phenoxy) is 3. The van der Waals surface area contributed by atoms with Crippen LogP contribution in [-0.4, -0.2) is 39.1 Å². The van der Waals surface area contributed by atoms with E-state index < -0.39 is 29.7 Å². The van der Waals surface area contributed by atoms with Crippen molar-refractivity contribution in [2.75, 3.05) is 21.3 Å². The fourth-order valence-electron chi connectivity index (χ4n) is 3.14. The predicted octanol–water partition coefficient (Wildman–Crippen LogP) is 1.89. The molecule has 1 aliphatic rings. The second kappa shape index (κ2) is 7.29. The van der Waals surface area contributed by atoms with Gasteiger partial charge in [0.05, 0.1) is 27.2 Å². The van der Waals surface area contributed by atoms with Crippen LogP contribution in [0.5, 0.6) is 5.75 Å². The number of esters is 2. The van der Waals surface area contributed by atoms with Gasteiger partial charge in [0.1, 0.15) is 11.7 Å². The second-order valence-corrected chi connectivity index (χ2v) is 5.59. The minimum Gasteiger partial charge on any atom is -0.497 e. The summed E-state index contributed by atoms with van der Waals surface area (Å²) in [5.41, 5.74) is 1.20. The molecule has 1 aliphatic carbocycles. The third-order valence-corrected chi connectivity index (χ3v) is 4.27. The number of benzene rings is 1. The van der Waals surface area contributed by atoms with Gasteiger partial charge in [-0.3, -0.25) is 14.4 Å². The molecule has 0 aliphatic heterocycles. The SMILES string of the molecule is COC(=O)C1C(=O)C=C(C)C(C(=O)OC)C1c1cccc(OC)c1. The average Bonchev–Trinajstić information content (AvgIpc) is 2.59. The summed E-state index contributed by atoms with van der Waals surface area (Å²) < 4.78 is 14.9. The molecule has 6 heteroatoms. The number of ketones is 1. The van der Waals surface area contributed by atoms with Gasteiger partial charge in [-0.25, -0.2) is 0 Å². The zero-order chi connectivity index (χ0) is 17.9. The summed E-state index contributed by atoms with van der Waals surface area (Å²) in [5.74, 6) is -3.55. The number of rotatable bonds is 4. The van der Waals surface area contributed by atoms with Crippen LogP contribution in [0.25, 0.3) is 0 Å². The van der Waals surface area contributed by atoms with Crippen LogP contribution in [0.15, 0.2) is 35.9 Å². The largest absolute Gasteiger partial charge is 0.497 e. The summed E-state index contributed by atoms with van der Waals surface area (Å²) in [7, 11) is 4.02. The molecule has 0 radical (unpaired) electrons. The highest BCUT2D eigenvalue weighted by atomic mass is 16.5. The maximum atomic E-state index is 12.4. The molecule has 1 aromatic carbocycles.